The fourth-order valence-electron chi connectivity index (χ4n) is 3.11. The van der Waals surface area contributed by atoms with Crippen molar-refractivity contribution < 1.29 is 17.6 Å². The van der Waals surface area contributed by atoms with E-state index in [1.807, 2.05) is 0 Å². The number of benzene rings is 2. The average molecular weight is 456 g/mol. The summed E-state index contributed by atoms with van der Waals surface area (Å²) in [6.45, 7) is 1.58. The van der Waals surface area contributed by atoms with E-state index in [9.17, 15) is 17.6 Å². The number of halogens is 1. The summed E-state index contributed by atoms with van der Waals surface area (Å²) in [5.41, 5.74) is 0.794. The SMILES string of the molecule is CCS(=O)(=O)c1ccccc1C(=O)N(Cc1ccccn1)c1nc2c(F)cccc2s1. The summed E-state index contributed by atoms with van der Waals surface area (Å²) >= 11 is 1.16. The van der Waals surface area contributed by atoms with Gasteiger partial charge in [-0.25, -0.2) is 17.8 Å². The maximum absolute atomic E-state index is 14.2. The molecule has 0 saturated heterocycles. The van der Waals surface area contributed by atoms with E-state index in [0.29, 0.717) is 10.4 Å². The lowest BCUT2D eigenvalue weighted by molar-refractivity contribution is 0.0981. The molecule has 2 heterocycles. The molecule has 0 bridgehead atoms. The Labute approximate surface area is 182 Å². The first kappa shape index (κ1) is 21.1. The molecule has 0 unspecified atom stereocenters. The molecular formula is C22H18FN3O3S2. The van der Waals surface area contributed by atoms with Crippen LogP contribution >= 0.6 is 11.3 Å². The molecule has 0 atom stereocenters. The number of rotatable bonds is 6. The van der Waals surface area contributed by atoms with Crippen LogP contribution < -0.4 is 4.90 Å². The van der Waals surface area contributed by atoms with Gasteiger partial charge < -0.3 is 0 Å². The molecule has 9 heteroatoms. The monoisotopic (exact) mass is 455 g/mol. The van der Waals surface area contributed by atoms with Crippen LogP contribution in [0.2, 0.25) is 0 Å². The predicted octanol–water partition coefficient (Wildman–Crippen LogP) is 4.47. The van der Waals surface area contributed by atoms with Gasteiger partial charge in [-0.2, -0.15) is 0 Å². The van der Waals surface area contributed by atoms with Gasteiger partial charge in [0.1, 0.15) is 11.3 Å². The van der Waals surface area contributed by atoms with Gasteiger partial charge in [0.05, 0.1) is 33.2 Å². The van der Waals surface area contributed by atoms with Crippen molar-refractivity contribution in [3.63, 3.8) is 0 Å². The van der Waals surface area contributed by atoms with Crippen LogP contribution in [-0.2, 0) is 16.4 Å². The second kappa shape index (κ2) is 8.52. The number of carbonyl (C=O) groups excluding carboxylic acids is 1. The molecule has 2 aromatic heterocycles. The van der Waals surface area contributed by atoms with Gasteiger partial charge in [-0.05, 0) is 36.4 Å². The number of carbonyl (C=O) groups is 1. The number of anilines is 1. The van der Waals surface area contributed by atoms with E-state index in [2.05, 4.69) is 9.97 Å². The zero-order valence-corrected chi connectivity index (χ0v) is 18.2. The van der Waals surface area contributed by atoms with Gasteiger partial charge in [0.25, 0.3) is 5.91 Å². The maximum Gasteiger partial charge on any atom is 0.261 e. The number of amides is 1. The van der Waals surface area contributed by atoms with E-state index in [-0.39, 0.29) is 33.4 Å². The zero-order valence-electron chi connectivity index (χ0n) is 16.5. The summed E-state index contributed by atoms with van der Waals surface area (Å²) in [5, 5.41) is 0.263. The maximum atomic E-state index is 14.2. The number of pyridine rings is 1. The Morgan fingerprint density at radius 1 is 1.06 bits per heavy atom. The lowest BCUT2D eigenvalue weighted by atomic mass is 10.2. The average Bonchev–Trinajstić information content (AvgIpc) is 3.23. The Morgan fingerprint density at radius 3 is 2.55 bits per heavy atom. The fraction of sp³-hybridized carbons (Fsp3) is 0.136. The van der Waals surface area contributed by atoms with E-state index in [1.54, 1.807) is 48.7 Å². The number of thiazole rings is 1. The van der Waals surface area contributed by atoms with Crippen molar-refractivity contribution in [1.29, 1.82) is 0 Å². The molecule has 4 rings (SSSR count). The van der Waals surface area contributed by atoms with Crippen LogP contribution in [0.4, 0.5) is 9.52 Å². The molecular weight excluding hydrogens is 437 g/mol. The molecule has 0 aliphatic heterocycles. The third-order valence-electron chi connectivity index (χ3n) is 4.71. The highest BCUT2D eigenvalue weighted by atomic mass is 32.2. The number of hydrogen-bond donors (Lipinski definition) is 0. The highest BCUT2D eigenvalue weighted by Gasteiger charge is 2.28. The number of fused-ring (bicyclic) bond motifs is 1. The van der Waals surface area contributed by atoms with Crippen LogP contribution in [-0.4, -0.2) is 30.0 Å². The van der Waals surface area contributed by atoms with E-state index in [4.69, 9.17) is 0 Å². The van der Waals surface area contributed by atoms with E-state index in [0.717, 1.165) is 11.3 Å². The molecule has 1 amide bonds. The van der Waals surface area contributed by atoms with Crippen LogP contribution in [0.1, 0.15) is 23.0 Å². The van der Waals surface area contributed by atoms with E-state index < -0.39 is 21.6 Å². The molecule has 31 heavy (non-hydrogen) atoms. The predicted molar refractivity (Wildman–Crippen MR) is 118 cm³/mol. The van der Waals surface area contributed by atoms with Crippen molar-refractivity contribution in [3.8, 4) is 0 Å². The number of aromatic nitrogens is 2. The van der Waals surface area contributed by atoms with Crippen LogP contribution in [0.25, 0.3) is 10.2 Å². The number of nitrogens with zero attached hydrogens (tertiary/aromatic N) is 3. The molecule has 0 radical (unpaired) electrons. The summed E-state index contributed by atoms with van der Waals surface area (Å²) < 4.78 is 40.0. The van der Waals surface area contributed by atoms with Crippen LogP contribution in [0.15, 0.2) is 71.8 Å². The van der Waals surface area contributed by atoms with Crippen molar-refractivity contribution in [2.75, 3.05) is 10.7 Å². The highest BCUT2D eigenvalue weighted by molar-refractivity contribution is 7.91. The minimum Gasteiger partial charge on any atom is -0.278 e. The van der Waals surface area contributed by atoms with E-state index in [1.165, 1.54) is 30.0 Å². The first-order chi connectivity index (χ1) is 14.9. The Balaban J connectivity index is 1.85. The van der Waals surface area contributed by atoms with Gasteiger partial charge in [0, 0.05) is 6.20 Å². The number of sulfone groups is 1. The minimum absolute atomic E-state index is 0.0409. The fourth-order valence-corrected chi connectivity index (χ4v) is 5.18. The number of para-hydroxylation sites is 1. The van der Waals surface area contributed by atoms with Gasteiger partial charge in [0.2, 0.25) is 0 Å². The van der Waals surface area contributed by atoms with E-state index >= 15 is 0 Å². The quantitative estimate of drug-likeness (QED) is 0.429. The highest BCUT2D eigenvalue weighted by Crippen LogP contribution is 2.32. The van der Waals surface area contributed by atoms with Crippen LogP contribution in [0.3, 0.4) is 0 Å². The second-order valence-electron chi connectivity index (χ2n) is 6.69. The Bertz CT molecular complexity index is 1350. The number of hydrogen-bond acceptors (Lipinski definition) is 6. The molecule has 158 valence electrons. The summed E-state index contributed by atoms with van der Waals surface area (Å²) in [5.74, 6) is -1.17. The molecule has 0 N–H and O–H groups in total. The lowest BCUT2D eigenvalue weighted by Gasteiger charge is -2.21. The topological polar surface area (TPSA) is 80.2 Å². The molecule has 0 aliphatic carbocycles. The summed E-state index contributed by atoms with van der Waals surface area (Å²) in [6.07, 6.45) is 1.60. The zero-order chi connectivity index (χ0) is 22.0. The Kier molecular flexibility index (Phi) is 5.79. The lowest BCUT2D eigenvalue weighted by Crippen LogP contribution is -2.32. The largest absolute Gasteiger partial charge is 0.278 e. The molecule has 0 aliphatic rings. The molecule has 0 saturated carbocycles. The molecule has 2 aromatic carbocycles. The Morgan fingerprint density at radius 2 is 1.84 bits per heavy atom. The standard InChI is InChI=1S/C22H18FN3O3S2/c1-2-31(28,29)19-12-4-3-9-16(19)21(27)26(14-15-8-5-6-13-24-15)22-25-20-17(23)10-7-11-18(20)30-22/h3-13H,2,14H2,1H3. The van der Waals surface area contributed by atoms with Crippen LogP contribution in [0, 0.1) is 5.82 Å². The second-order valence-corrected chi connectivity index (χ2v) is 9.95. The van der Waals surface area contributed by atoms with Crippen LogP contribution in [0.5, 0.6) is 0 Å². The van der Waals surface area contributed by atoms with Crippen molar-refractivity contribution in [1.82, 2.24) is 9.97 Å². The van der Waals surface area contributed by atoms with Crippen molar-refractivity contribution in [2.24, 2.45) is 0 Å². The third-order valence-corrected chi connectivity index (χ3v) is 7.54. The molecule has 0 fully saturated rings. The normalized spacial score (nSPS) is 11.5. The first-order valence-electron chi connectivity index (χ1n) is 9.49. The van der Waals surface area contributed by atoms with Crippen molar-refractivity contribution in [2.45, 2.75) is 18.4 Å². The summed E-state index contributed by atoms with van der Waals surface area (Å²) in [6, 6.07) is 16.0. The first-order valence-corrected chi connectivity index (χ1v) is 12.0. The van der Waals surface area contributed by atoms with Crippen molar-refractivity contribution >= 4 is 42.4 Å². The molecule has 0 spiro atoms. The minimum atomic E-state index is -3.63. The molecule has 4 aromatic rings. The smallest absolute Gasteiger partial charge is 0.261 e. The summed E-state index contributed by atoms with van der Waals surface area (Å²) in [4.78, 5) is 23.5. The van der Waals surface area contributed by atoms with Gasteiger partial charge in [-0.15, -0.1) is 0 Å². The van der Waals surface area contributed by atoms with Gasteiger partial charge in [0.15, 0.2) is 15.0 Å². The van der Waals surface area contributed by atoms with Crippen molar-refractivity contribution in [3.05, 3.63) is 83.9 Å². The third kappa shape index (κ3) is 4.19. The van der Waals surface area contributed by atoms with Gasteiger partial charge in [-0.3, -0.25) is 14.7 Å². The van der Waals surface area contributed by atoms with Gasteiger partial charge >= 0.3 is 0 Å². The Hall–Kier alpha value is -3.17. The van der Waals surface area contributed by atoms with Gasteiger partial charge in [-0.1, -0.05) is 42.5 Å². The summed E-state index contributed by atoms with van der Waals surface area (Å²) in [7, 11) is -3.63. The molecule has 6 nitrogen and oxygen atoms in total.